The van der Waals surface area contributed by atoms with Gasteiger partial charge in [0, 0.05) is 49.0 Å². The lowest BCUT2D eigenvalue weighted by Crippen LogP contribution is -2.35. The van der Waals surface area contributed by atoms with Crippen molar-refractivity contribution >= 4 is 44.6 Å². The lowest BCUT2D eigenvalue weighted by Gasteiger charge is -2.33. The van der Waals surface area contributed by atoms with Gasteiger partial charge in [-0.15, -0.1) is 0 Å². The van der Waals surface area contributed by atoms with Crippen LogP contribution in [-0.2, 0) is 14.6 Å². The van der Waals surface area contributed by atoms with Crippen LogP contribution in [0.3, 0.4) is 0 Å². The molecule has 2 aromatic carbocycles. The summed E-state index contributed by atoms with van der Waals surface area (Å²) >= 11 is 6.04. The Kier molecular flexibility index (Phi) is 9.98. The maximum absolute atomic E-state index is 12.9. The lowest BCUT2D eigenvalue weighted by molar-refractivity contribution is -0.120. The Morgan fingerprint density at radius 2 is 1.80 bits per heavy atom. The molecule has 1 fully saturated rings. The maximum atomic E-state index is 12.9. The molecule has 0 spiro atoms. The van der Waals surface area contributed by atoms with Crippen molar-refractivity contribution in [1.82, 2.24) is 4.98 Å². The zero-order valence-electron chi connectivity index (χ0n) is 23.0. The van der Waals surface area contributed by atoms with E-state index in [9.17, 15) is 18.0 Å². The molecule has 1 aliphatic rings. The number of anilines is 2. The number of pyridine rings is 1. The van der Waals surface area contributed by atoms with Crippen LogP contribution in [0, 0.1) is 5.92 Å². The Balaban J connectivity index is 1.35. The number of rotatable bonds is 11. The molecule has 40 heavy (non-hydrogen) atoms. The normalized spacial score (nSPS) is 15.0. The van der Waals surface area contributed by atoms with Crippen LogP contribution < -0.4 is 10.2 Å². The van der Waals surface area contributed by atoms with Gasteiger partial charge in [-0.1, -0.05) is 54.9 Å². The van der Waals surface area contributed by atoms with E-state index in [2.05, 4.69) is 41.5 Å². The minimum Gasteiger partial charge on any atom is -0.355 e. The van der Waals surface area contributed by atoms with E-state index in [0.717, 1.165) is 31.9 Å². The average molecular weight is 582 g/mol. The van der Waals surface area contributed by atoms with Crippen LogP contribution in [-0.4, -0.2) is 44.4 Å². The first-order valence-corrected chi connectivity index (χ1v) is 16.0. The van der Waals surface area contributed by atoms with Gasteiger partial charge in [-0.25, -0.2) is 13.4 Å². The zero-order chi connectivity index (χ0) is 28.7. The summed E-state index contributed by atoms with van der Waals surface area (Å²) < 4.78 is 24.4. The Morgan fingerprint density at radius 1 is 1.07 bits per heavy atom. The standard InChI is InChI=1S/C31H36ClN3O4S/c1-22(24-9-4-3-5-10-24)8-6-13-27(36)18-23-14-16-35(17-15-23)30-29(20-28(21-33-30)40(2,38)39)34-31(37)25-11-7-12-26(32)19-25/h3-5,7,9-12,19-23H,6,8,13-18H2,1-2H3,(H,34,37)/t22-/m0/s1. The summed E-state index contributed by atoms with van der Waals surface area (Å²) in [5.41, 5.74) is 2.00. The number of sulfone groups is 1. The van der Waals surface area contributed by atoms with Crippen LogP contribution in [0.15, 0.2) is 71.8 Å². The molecule has 7 nitrogen and oxygen atoms in total. The molecule has 3 aromatic rings. The molecular formula is C31H36ClN3O4S. The number of aromatic nitrogens is 1. The van der Waals surface area contributed by atoms with Crippen molar-refractivity contribution in [2.45, 2.75) is 56.3 Å². The number of amides is 1. The average Bonchev–Trinajstić information content (AvgIpc) is 2.93. The van der Waals surface area contributed by atoms with Gasteiger partial charge in [0.1, 0.15) is 5.78 Å². The minimum atomic E-state index is -3.52. The summed E-state index contributed by atoms with van der Waals surface area (Å²) in [6.07, 6.45) is 7.14. The quantitative estimate of drug-likeness (QED) is 0.276. The number of Topliss-reactive ketones (excluding diaryl/α,β-unsaturated/α-hetero) is 1. The molecule has 1 N–H and O–H groups in total. The zero-order valence-corrected chi connectivity index (χ0v) is 24.5. The lowest BCUT2D eigenvalue weighted by atomic mass is 9.89. The molecule has 0 unspecified atom stereocenters. The van der Waals surface area contributed by atoms with Crippen molar-refractivity contribution < 1.29 is 18.0 Å². The number of halogens is 1. The van der Waals surface area contributed by atoms with E-state index in [4.69, 9.17) is 11.6 Å². The van der Waals surface area contributed by atoms with E-state index in [1.54, 1.807) is 24.3 Å². The molecule has 1 saturated heterocycles. The van der Waals surface area contributed by atoms with Gasteiger partial charge in [0.25, 0.3) is 5.91 Å². The largest absolute Gasteiger partial charge is 0.355 e. The van der Waals surface area contributed by atoms with Gasteiger partial charge in [-0.05, 0) is 67.3 Å². The summed E-state index contributed by atoms with van der Waals surface area (Å²) in [5, 5.41) is 3.26. The second-order valence-corrected chi connectivity index (χ2v) is 13.1. The first-order valence-electron chi connectivity index (χ1n) is 13.7. The van der Waals surface area contributed by atoms with Crippen molar-refractivity contribution in [3.8, 4) is 0 Å². The maximum Gasteiger partial charge on any atom is 0.255 e. The molecule has 0 radical (unpaired) electrons. The van der Waals surface area contributed by atoms with E-state index < -0.39 is 15.7 Å². The third kappa shape index (κ3) is 8.15. The number of carbonyl (C=O) groups excluding carboxylic acids is 2. The number of nitrogens with one attached hydrogen (secondary N) is 1. The molecule has 1 amide bonds. The summed E-state index contributed by atoms with van der Waals surface area (Å²) in [6.45, 7) is 3.53. The van der Waals surface area contributed by atoms with Crippen LogP contribution in [0.5, 0.6) is 0 Å². The van der Waals surface area contributed by atoms with E-state index in [0.29, 0.717) is 65.6 Å². The van der Waals surface area contributed by atoms with Crippen molar-refractivity contribution in [3.63, 3.8) is 0 Å². The highest BCUT2D eigenvalue weighted by Crippen LogP contribution is 2.32. The Morgan fingerprint density at radius 3 is 2.48 bits per heavy atom. The highest BCUT2D eigenvalue weighted by atomic mass is 35.5. The topological polar surface area (TPSA) is 96.4 Å². The number of ketones is 1. The summed E-state index contributed by atoms with van der Waals surface area (Å²) in [4.78, 5) is 32.2. The number of nitrogens with zero attached hydrogens (tertiary/aromatic N) is 2. The molecular weight excluding hydrogens is 546 g/mol. The molecule has 2 heterocycles. The highest BCUT2D eigenvalue weighted by molar-refractivity contribution is 7.90. The molecule has 0 saturated carbocycles. The van der Waals surface area contributed by atoms with Crippen LogP contribution in [0.25, 0.3) is 0 Å². The number of hydrogen-bond acceptors (Lipinski definition) is 6. The number of hydrogen-bond donors (Lipinski definition) is 1. The highest BCUT2D eigenvalue weighted by Gasteiger charge is 2.25. The summed E-state index contributed by atoms with van der Waals surface area (Å²) in [5.74, 6) is 1.16. The second kappa shape index (κ2) is 13.4. The third-order valence-corrected chi connectivity index (χ3v) is 8.81. The summed E-state index contributed by atoms with van der Waals surface area (Å²) in [7, 11) is -3.52. The molecule has 4 rings (SSSR count). The van der Waals surface area contributed by atoms with E-state index >= 15 is 0 Å². The Labute approximate surface area is 241 Å². The third-order valence-electron chi connectivity index (χ3n) is 7.50. The molecule has 0 aliphatic carbocycles. The van der Waals surface area contributed by atoms with Crippen LogP contribution in [0.1, 0.15) is 67.3 Å². The smallest absolute Gasteiger partial charge is 0.255 e. The van der Waals surface area contributed by atoms with Gasteiger partial charge in [0.2, 0.25) is 0 Å². The van der Waals surface area contributed by atoms with Gasteiger partial charge in [0.05, 0.1) is 10.6 Å². The van der Waals surface area contributed by atoms with Crippen LogP contribution in [0.4, 0.5) is 11.5 Å². The van der Waals surface area contributed by atoms with Gasteiger partial charge in [-0.3, -0.25) is 9.59 Å². The molecule has 9 heteroatoms. The van der Waals surface area contributed by atoms with Gasteiger partial charge >= 0.3 is 0 Å². The molecule has 1 aliphatic heterocycles. The molecule has 1 atom stereocenters. The SMILES string of the molecule is C[C@@H](CCCC(=O)CC1CCN(c2ncc(S(C)(=O)=O)cc2NC(=O)c2cccc(Cl)c2)CC1)c1ccccc1. The fraction of sp³-hybridized carbons (Fsp3) is 0.387. The van der Waals surface area contributed by atoms with E-state index in [-0.39, 0.29) is 4.90 Å². The van der Waals surface area contributed by atoms with Crippen molar-refractivity contribution in [2.24, 2.45) is 5.92 Å². The monoisotopic (exact) mass is 581 g/mol. The number of benzene rings is 2. The molecule has 1 aromatic heterocycles. The predicted octanol–water partition coefficient (Wildman–Crippen LogP) is 6.54. The Hall–Kier alpha value is -3.23. The van der Waals surface area contributed by atoms with Crippen molar-refractivity contribution in [3.05, 3.63) is 83.0 Å². The predicted molar refractivity (Wildman–Crippen MR) is 160 cm³/mol. The first-order chi connectivity index (χ1) is 19.1. The van der Waals surface area contributed by atoms with Crippen molar-refractivity contribution in [2.75, 3.05) is 29.6 Å². The molecule has 0 bridgehead atoms. The first kappa shape index (κ1) is 29.7. The fourth-order valence-corrected chi connectivity index (χ4v) is 5.90. The summed E-state index contributed by atoms with van der Waals surface area (Å²) in [6, 6.07) is 18.4. The minimum absolute atomic E-state index is 0.0275. The second-order valence-electron chi connectivity index (χ2n) is 10.7. The molecule has 212 valence electrons. The van der Waals surface area contributed by atoms with E-state index in [1.165, 1.54) is 17.8 Å². The van der Waals surface area contributed by atoms with Crippen LogP contribution in [0.2, 0.25) is 5.02 Å². The fourth-order valence-electron chi connectivity index (χ4n) is 5.14. The van der Waals surface area contributed by atoms with Crippen LogP contribution >= 0.6 is 11.6 Å². The van der Waals surface area contributed by atoms with E-state index in [1.807, 2.05) is 11.0 Å². The number of carbonyl (C=O) groups is 2. The van der Waals surface area contributed by atoms with Gasteiger partial charge < -0.3 is 10.2 Å². The number of piperidine rings is 1. The van der Waals surface area contributed by atoms with Gasteiger partial charge in [-0.2, -0.15) is 0 Å². The van der Waals surface area contributed by atoms with Crippen molar-refractivity contribution in [1.29, 1.82) is 0 Å². The Bertz CT molecular complexity index is 1440. The van der Waals surface area contributed by atoms with Gasteiger partial charge in [0.15, 0.2) is 15.7 Å².